The van der Waals surface area contributed by atoms with Gasteiger partial charge in [0.15, 0.2) is 10.8 Å². The van der Waals surface area contributed by atoms with Crippen LogP contribution in [-0.2, 0) is 5.41 Å². The van der Waals surface area contributed by atoms with Crippen molar-refractivity contribution in [3.05, 3.63) is 60.5 Å². The summed E-state index contributed by atoms with van der Waals surface area (Å²) >= 11 is 1.70. The quantitative estimate of drug-likeness (QED) is 0.187. The summed E-state index contributed by atoms with van der Waals surface area (Å²) < 4.78 is 14.9. The predicted molar refractivity (Wildman–Crippen MR) is 164 cm³/mol. The highest BCUT2D eigenvalue weighted by Gasteiger charge is 2.19. The molecule has 2 N–H and O–H groups in total. The number of rotatable bonds is 9. The second-order valence-electron chi connectivity index (χ2n) is 11.8. The molecule has 40 heavy (non-hydrogen) atoms. The number of aromatic nitrogens is 3. The summed E-state index contributed by atoms with van der Waals surface area (Å²) in [6, 6.07) is 16.6. The Morgan fingerprint density at radius 3 is 2.60 bits per heavy atom. The van der Waals surface area contributed by atoms with Crippen LogP contribution in [0.2, 0.25) is 0 Å². The van der Waals surface area contributed by atoms with E-state index in [1.807, 2.05) is 6.07 Å². The van der Waals surface area contributed by atoms with Gasteiger partial charge in [-0.25, -0.2) is 4.98 Å². The Morgan fingerprint density at radius 1 is 1.05 bits per heavy atom. The first-order valence-corrected chi connectivity index (χ1v) is 15.0. The zero-order chi connectivity index (χ0) is 27.7. The molecule has 6 rings (SSSR count). The molecule has 0 saturated carbocycles. The van der Waals surface area contributed by atoms with Crippen LogP contribution in [0.3, 0.4) is 0 Å². The van der Waals surface area contributed by atoms with Crippen molar-refractivity contribution >= 4 is 38.0 Å². The van der Waals surface area contributed by atoms with Crippen molar-refractivity contribution in [3.8, 4) is 17.0 Å². The van der Waals surface area contributed by atoms with Gasteiger partial charge in [0.1, 0.15) is 18.1 Å². The Kier molecular flexibility index (Phi) is 7.42. The molecule has 0 radical (unpaired) electrons. The van der Waals surface area contributed by atoms with E-state index in [1.165, 1.54) is 30.6 Å². The van der Waals surface area contributed by atoms with Gasteiger partial charge in [-0.3, -0.25) is 9.30 Å². The number of imidazole rings is 1. The number of thiazole rings is 1. The van der Waals surface area contributed by atoms with Crippen molar-refractivity contribution in [1.82, 2.24) is 19.4 Å². The molecule has 3 aromatic heterocycles. The van der Waals surface area contributed by atoms with E-state index < -0.39 is 0 Å². The monoisotopic (exact) mass is 558 g/mol. The summed E-state index contributed by atoms with van der Waals surface area (Å²) in [5, 5.41) is 10.7. The zero-order valence-corrected chi connectivity index (χ0v) is 24.6. The SMILES string of the molecule is CC1CCN(CCOc2ccc3c(c2)sc2nc(-c4ccc(NCNc5cc(C(C)(C)C)on5)cc4)cn23)CC1. The standard InChI is InChI=1S/C31H38N6O2S/c1-21-11-13-36(14-12-21)15-16-38-24-9-10-26-27(17-24)40-30-34-25(19-37(26)30)22-5-7-23(8-6-22)32-20-33-29-18-28(39-35-29)31(2,3)4/h5-10,17-19,21,32H,11-16,20H2,1-4H3,(H,33,35). The van der Waals surface area contributed by atoms with Gasteiger partial charge < -0.3 is 19.9 Å². The van der Waals surface area contributed by atoms with Gasteiger partial charge in [0.25, 0.3) is 0 Å². The number of likely N-dealkylation sites (tertiary alicyclic amines) is 1. The molecule has 0 aliphatic carbocycles. The van der Waals surface area contributed by atoms with E-state index in [4.69, 9.17) is 14.2 Å². The van der Waals surface area contributed by atoms with E-state index in [2.05, 4.69) is 101 Å². The van der Waals surface area contributed by atoms with Gasteiger partial charge in [-0.05, 0) is 62.2 Å². The summed E-state index contributed by atoms with van der Waals surface area (Å²) in [7, 11) is 0. The highest BCUT2D eigenvalue weighted by molar-refractivity contribution is 7.23. The van der Waals surface area contributed by atoms with E-state index in [0.29, 0.717) is 6.67 Å². The Balaban J connectivity index is 1.05. The molecule has 0 unspecified atom stereocenters. The number of nitrogens with zero attached hydrogens (tertiary/aromatic N) is 4. The molecule has 4 heterocycles. The van der Waals surface area contributed by atoms with Gasteiger partial charge in [-0.1, -0.05) is 56.3 Å². The number of piperidine rings is 1. The summed E-state index contributed by atoms with van der Waals surface area (Å²) in [6.45, 7) is 13.3. The highest BCUT2D eigenvalue weighted by atomic mass is 32.1. The number of fused-ring (bicyclic) bond motifs is 3. The molecule has 0 spiro atoms. The number of hydrogen-bond acceptors (Lipinski definition) is 8. The third-order valence-corrected chi connectivity index (χ3v) is 8.63. The number of anilines is 2. The maximum Gasteiger partial charge on any atom is 0.195 e. The molecule has 1 saturated heterocycles. The van der Waals surface area contributed by atoms with Gasteiger partial charge in [-0.2, -0.15) is 0 Å². The largest absolute Gasteiger partial charge is 0.492 e. The summed E-state index contributed by atoms with van der Waals surface area (Å²) in [6.07, 6.45) is 4.71. The average molecular weight is 559 g/mol. The van der Waals surface area contributed by atoms with Crippen LogP contribution in [0.1, 0.15) is 46.3 Å². The lowest BCUT2D eigenvalue weighted by molar-refractivity contribution is 0.160. The molecule has 0 bridgehead atoms. The average Bonchev–Trinajstić information content (AvgIpc) is 3.65. The minimum absolute atomic E-state index is 0.0625. The molecular weight excluding hydrogens is 520 g/mol. The fourth-order valence-electron chi connectivity index (χ4n) is 5.00. The first-order valence-electron chi connectivity index (χ1n) is 14.1. The van der Waals surface area contributed by atoms with Gasteiger partial charge in [0, 0.05) is 35.5 Å². The van der Waals surface area contributed by atoms with Gasteiger partial charge in [0.2, 0.25) is 0 Å². The lowest BCUT2D eigenvalue weighted by atomic mass is 9.93. The Bertz CT molecular complexity index is 1570. The minimum atomic E-state index is -0.0625. The fourth-order valence-corrected chi connectivity index (χ4v) is 6.03. The molecular formula is C31H38N6O2S. The third-order valence-electron chi connectivity index (χ3n) is 7.61. The van der Waals surface area contributed by atoms with Crippen LogP contribution in [0.5, 0.6) is 5.75 Å². The second-order valence-corrected chi connectivity index (χ2v) is 12.8. The first-order chi connectivity index (χ1) is 19.3. The summed E-state index contributed by atoms with van der Waals surface area (Å²) in [5.74, 6) is 3.37. The van der Waals surface area contributed by atoms with Crippen LogP contribution < -0.4 is 15.4 Å². The number of benzene rings is 2. The summed E-state index contributed by atoms with van der Waals surface area (Å²) in [5.41, 5.74) is 4.16. The van der Waals surface area contributed by atoms with E-state index in [1.54, 1.807) is 11.3 Å². The molecule has 2 aromatic carbocycles. The predicted octanol–water partition coefficient (Wildman–Crippen LogP) is 7.09. The Labute approximate surface area is 239 Å². The Hall–Kier alpha value is -3.56. The maximum absolute atomic E-state index is 6.10. The van der Waals surface area contributed by atoms with E-state index in [-0.39, 0.29) is 5.41 Å². The summed E-state index contributed by atoms with van der Waals surface area (Å²) in [4.78, 5) is 8.41. The van der Waals surface area contributed by atoms with Crippen LogP contribution in [0.15, 0.2) is 59.3 Å². The first kappa shape index (κ1) is 26.7. The molecule has 8 nitrogen and oxygen atoms in total. The normalized spacial score (nSPS) is 15.2. The van der Waals surface area contributed by atoms with Crippen molar-refractivity contribution in [2.24, 2.45) is 5.92 Å². The Morgan fingerprint density at radius 2 is 1.85 bits per heavy atom. The van der Waals surface area contributed by atoms with Gasteiger partial charge in [-0.15, -0.1) is 0 Å². The van der Waals surface area contributed by atoms with Crippen molar-refractivity contribution < 1.29 is 9.26 Å². The molecule has 1 fully saturated rings. The van der Waals surface area contributed by atoms with Gasteiger partial charge >= 0.3 is 0 Å². The van der Waals surface area contributed by atoms with Crippen LogP contribution in [-0.4, -0.2) is 52.4 Å². The van der Waals surface area contributed by atoms with E-state index >= 15 is 0 Å². The third kappa shape index (κ3) is 5.95. The van der Waals surface area contributed by atoms with Crippen LogP contribution in [0.4, 0.5) is 11.5 Å². The molecule has 0 atom stereocenters. The fraction of sp³-hybridized carbons (Fsp3) is 0.419. The number of nitrogens with one attached hydrogen (secondary N) is 2. The molecule has 0 amide bonds. The molecule has 1 aliphatic rings. The molecule has 210 valence electrons. The van der Waals surface area contributed by atoms with Gasteiger partial charge in [0.05, 0.1) is 22.6 Å². The van der Waals surface area contributed by atoms with Crippen LogP contribution in [0.25, 0.3) is 26.4 Å². The number of hydrogen-bond donors (Lipinski definition) is 2. The smallest absolute Gasteiger partial charge is 0.195 e. The molecule has 1 aliphatic heterocycles. The second kappa shape index (κ2) is 11.1. The van der Waals surface area contributed by atoms with Crippen molar-refractivity contribution in [3.63, 3.8) is 0 Å². The topological polar surface area (TPSA) is 79.9 Å². The minimum Gasteiger partial charge on any atom is -0.492 e. The number of ether oxygens (including phenoxy) is 1. The van der Waals surface area contributed by atoms with Crippen LogP contribution >= 0.6 is 11.3 Å². The van der Waals surface area contributed by atoms with E-state index in [0.717, 1.165) is 63.8 Å². The highest BCUT2D eigenvalue weighted by Crippen LogP contribution is 2.32. The lowest BCUT2D eigenvalue weighted by Gasteiger charge is -2.29. The lowest BCUT2D eigenvalue weighted by Crippen LogP contribution is -2.35. The van der Waals surface area contributed by atoms with Crippen LogP contribution in [0, 0.1) is 5.92 Å². The zero-order valence-electron chi connectivity index (χ0n) is 23.7. The molecule has 5 aromatic rings. The maximum atomic E-state index is 6.10. The van der Waals surface area contributed by atoms with Crippen molar-refractivity contribution in [2.75, 3.05) is 43.5 Å². The molecule has 9 heteroatoms. The van der Waals surface area contributed by atoms with E-state index in [9.17, 15) is 0 Å². The van der Waals surface area contributed by atoms with Crippen molar-refractivity contribution in [2.45, 2.75) is 46.0 Å². The van der Waals surface area contributed by atoms with Crippen molar-refractivity contribution in [1.29, 1.82) is 0 Å².